The van der Waals surface area contributed by atoms with Gasteiger partial charge in [0.2, 0.25) is 0 Å². The van der Waals surface area contributed by atoms with E-state index in [1.165, 1.54) is 64.7 Å². The zero-order valence-electron chi connectivity index (χ0n) is 12.3. The first-order chi connectivity index (χ1) is 8.79. The molecule has 0 radical (unpaired) electrons. The zero-order chi connectivity index (χ0) is 12.8. The third-order valence-corrected chi connectivity index (χ3v) is 4.53. The highest BCUT2D eigenvalue weighted by molar-refractivity contribution is 5.07. The monoisotopic (exact) mass is 250 g/mol. The molecule has 2 atom stereocenters. The van der Waals surface area contributed by atoms with Gasteiger partial charge in [-0.3, -0.25) is 0 Å². The van der Waals surface area contributed by atoms with Gasteiger partial charge < -0.3 is 10.2 Å². The first kappa shape index (κ1) is 14.1. The van der Waals surface area contributed by atoms with Crippen molar-refractivity contribution in [1.82, 2.24) is 10.2 Å². The van der Waals surface area contributed by atoms with Crippen LogP contribution < -0.4 is 5.32 Å². The molecule has 1 fully saturated rings. The quantitative estimate of drug-likeness (QED) is 0.728. The number of likely N-dealkylation sites (tertiary alicyclic amines) is 1. The number of piperidine rings is 1. The highest BCUT2D eigenvalue weighted by Crippen LogP contribution is 2.22. The summed E-state index contributed by atoms with van der Waals surface area (Å²) in [5.41, 5.74) is 1.72. The lowest BCUT2D eigenvalue weighted by Crippen LogP contribution is -2.48. The van der Waals surface area contributed by atoms with Gasteiger partial charge in [-0.25, -0.2) is 0 Å². The van der Waals surface area contributed by atoms with E-state index in [2.05, 4.69) is 30.1 Å². The van der Waals surface area contributed by atoms with E-state index >= 15 is 0 Å². The van der Waals surface area contributed by atoms with Crippen molar-refractivity contribution in [1.29, 1.82) is 0 Å². The van der Waals surface area contributed by atoms with Gasteiger partial charge in [0, 0.05) is 19.1 Å². The molecule has 1 aliphatic carbocycles. The highest BCUT2D eigenvalue weighted by atomic mass is 15.1. The molecular weight excluding hydrogens is 220 g/mol. The Labute approximate surface area is 113 Å². The molecule has 2 rings (SSSR count). The molecule has 2 aliphatic rings. The Morgan fingerprint density at radius 2 is 2.33 bits per heavy atom. The molecule has 2 unspecified atom stereocenters. The van der Waals surface area contributed by atoms with Crippen molar-refractivity contribution in [3.8, 4) is 0 Å². The Morgan fingerprint density at radius 3 is 3.00 bits per heavy atom. The van der Waals surface area contributed by atoms with Gasteiger partial charge in [-0.05, 0) is 57.5 Å². The van der Waals surface area contributed by atoms with Crippen molar-refractivity contribution in [2.24, 2.45) is 5.92 Å². The summed E-state index contributed by atoms with van der Waals surface area (Å²) >= 11 is 0. The van der Waals surface area contributed by atoms with Crippen LogP contribution in [0, 0.1) is 5.92 Å². The van der Waals surface area contributed by atoms with Gasteiger partial charge in [0.25, 0.3) is 0 Å². The summed E-state index contributed by atoms with van der Waals surface area (Å²) in [7, 11) is 0. The molecule has 0 saturated carbocycles. The smallest absolute Gasteiger partial charge is 0.0117 e. The predicted molar refractivity (Wildman–Crippen MR) is 78.9 cm³/mol. The number of nitrogens with zero attached hydrogens (tertiary/aromatic N) is 1. The summed E-state index contributed by atoms with van der Waals surface area (Å²) < 4.78 is 0. The number of rotatable bonds is 6. The van der Waals surface area contributed by atoms with E-state index in [0.717, 1.165) is 12.0 Å². The van der Waals surface area contributed by atoms with Crippen LogP contribution in [0.3, 0.4) is 0 Å². The van der Waals surface area contributed by atoms with E-state index < -0.39 is 0 Å². The molecule has 18 heavy (non-hydrogen) atoms. The lowest BCUT2D eigenvalue weighted by Gasteiger charge is -2.37. The predicted octanol–water partition coefficient (Wildman–Crippen LogP) is 3.20. The number of hydrogen-bond donors (Lipinski definition) is 1. The summed E-state index contributed by atoms with van der Waals surface area (Å²) in [5, 5.41) is 3.70. The van der Waals surface area contributed by atoms with E-state index in [-0.39, 0.29) is 0 Å². The number of allylic oxidation sites excluding steroid dienone is 1. The minimum Gasteiger partial charge on any atom is -0.314 e. The maximum absolute atomic E-state index is 3.70. The first-order valence-electron chi connectivity index (χ1n) is 7.93. The molecule has 0 aromatic heterocycles. The van der Waals surface area contributed by atoms with E-state index in [1.54, 1.807) is 5.57 Å². The van der Waals surface area contributed by atoms with Gasteiger partial charge in [-0.2, -0.15) is 0 Å². The minimum atomic E-state index is 0.756. The minimum absolute atomic E-state index is 0.756. The zero-order valence-corrected chi connectivity index (χ0v) is 12.3. The van der Waals surface area contributed by atoms with Crippen LogP contribution in [0.2, 0.25) is 0 Å². The summed E-state index contributed by atoms with van der Waals surface area (Å²) in [6.07, 6.45) is 10.5. The molecule has 0 aromatic rings. The summed E-state index contributed by atoms with van der Waals surface area (Å²) in [6.45, 7) is 9.71. The molecule has 2 nitrogen and oxygen atoms in total. The molecule has 0 aromatic carbocycles. The topological polar surface area (TPSA) is 15.3 Å². The summed E-state index contributed by atoms with van der Waals surface area (Å²) in [6, 6.07) is 0.756. The average molecular weight is 250 g/mol. The van der Waals surface area contributed by atoms with Crippen molar-refractivity contribution in [3.63, 3.8) is 0 Å². The molecule has 0 amide bonds. The van der Waals surface area contributed by atoms with Crippen molar-refractivity contribution in [2.75, 3.05) is 26.2 Å². The van der Waals surface area contributed by atoms with E-state index in [4.69, 9.17) is 0 Å². The third-order valence-electron chi connectivity index (χ3n) is 4.53. The molecule has 1 saturated heterocycles. The number of nitrogens with one attached hydrogen (secondary N) is 1. The van der Waals surface area contributed by atoms with Crippen LogP contribution in [0.5, 0.6) is 0 Å². The third kappa shape index (κ3) is 4.10. The second kappa shape index (κ2) is 7.30. The maximum Gasteiger partial charge on any atom is 0.0117 e. The lowest BCUT2D eigenvalue weighted by atomic mass is 9.93. The van der Waals surface area contributed by atoms with Crippen molar-refractivity contribution in [2.45, 2.75) is 58.4 Å². The second-order valence-corrected chi connectivity index (χ2v) is 6.13. The molecule has 1 aliphatic heterocycles. The standard InChI is InChI=1S/C16H30N2/c1-3-10-17-16-9-12-18(13-14(16)2)11-8-15-6-4-5-7-15/h6,14,16-17H,3-5,7-13H2,1-2H3. The molecule has 0 bridgehead atoms. The van der Waals surface area contributed by atoms with E-state index in [1.807, 2.05) is 0 Å². The van der Waals surface area contributed by atoms with Crippen LogP contribution in [0.4, 0.5) is 0 Å². The fraction of sp³-hybridized carbons (Fsp3) is 0.875. The molecule has 0 spiro atoms. The van der Waals surface area contributed by atoms with Gasteiger partial charge in [0.05, 0.1) is 0 Å². The Bertz CT molecular complexity index is 272. The Balaban J connectivity index is 1.67. The van der Waals surface area contributed by atoms with Crippen molar-refractivity contribution >= 4 is 0 Å². The molecular formula is C16H30N2. The van der Waals surface area contributed by atoms with Crippen LogP contribution in [0.1, 0.15) is 52.4 Å². The van der Waals surface area contributed by atoms with Crippen LogP contribution in [-0.2, 0) is 0 Å². The van der Waals surface area contributed by atoms with Gasteiger partial charge in [-0.15, -0.1) is 0 Å². The maximum atomic E-state index is 3.70. The van der Waals surface area contributed by atoms with Crippen molar-refractivity contribution < 1.29 is 0 Å². The fourth-order valence-corrected chi connectivity index (χ4v) is 3.33. The van der Waals surface area contributed by atoms with Crippen molar-refractivity contribution in [3.05, 3.63) is 11.6 Å². The van der Waals surface area contributed by atoms with E-state index in [9.17, 15) is 0 Å². The molecule has 104 valence electrons. The van der Waals surface area contributed by atoms with Crippen LogP contribution >= 0.6 is 0 Å². The summed E-state index contributed by atoms with van der Waals surface area (Å²) in [4.78, 5) is 2.67. The Morgan fingerprint density at radius 1 is 1.44 bits per heavy atom. The summed E-state index contributed by atoms with van der Waals surface area (Å²) in [5.74, 6) is 0.808. The van der Waals surface area contributed by atoms with Crippen LogP contribution in [-0.4, -0.2) is 37.1 Å². The average Bonchev–Trinajstić information content (AvgIpc) is 2.88. The molecule has 1 N–H and O–H groups in total. The lowest BCUT2D eigenvalue weighted by molar-refractivity contribution is 0.149. The van der Waals surface area contributed by atoms with Gasteiger partial charge >= 0.3 is 0 Å². The van der Waals surface area contributed by atoms with Crippen LogP contribution in [0.15, 0.2) is 11.6 Å². The SMILES string of the molecule is CCCNC1CCN(CCC2=CCCC2)CC1C. The highest BCUT2D eigenvalue weighted by Gasteiger charge is 2.25. The normalized spacial score (nSPS) is 29.6. The Kier molecular flexibility index (Phi) is 5.71. The molecule has 1 heterocycles. The van der Waals surface area contributed by atoms with Gasteiger partial charge in [-0.1, -0.05) is 25.5 Å². The first-order valence-corrected chi connectivity index (χ1v) is 7.93. The fourth-order valence-electron chi connectivity index (χ4n) is 3.33. The van der Waals surface area contributed by atoms with Crippen LogP contribution in [0.25, 0.3) is 0 Å². The van der Waals surface area contributed by atoms with Gasteiger partial charge in [0.1, 0.15) is 0 Å². The largest absolute Gasteiger partial charge is 0.314 e. The van der Waals surface area contributed by atoms with E-state index in [0.29, 0.717) is 0 Å². The van der Waals surface area contributed by atoms with Gasteiger partial charge in [0.15, 0.2) is 0 Å². The second-order valence-electron chi connectivity index (χ2n) is 6.13. The molecule has 2 heteroatoms. The Hall–Kier alpha value is -0.340. The number of hydrogen-bond acceptors (Lipinski definition) is 2.